The van der Waals surface area contributed by atoms with Crippen LogP contribution in [-0.2, 0) is 9.59 Å². The number of unbranched alkanes of at least 4 members (excludes halogenated alkanes) is 11. The number of allylic oxidation sites excluding steroid dienone is 2. The lowest BCUT2D eigenvalue weighted by Gasteiger charge is -1.99. The van der Waals surface area contributed by atoms with E-state index in [0.717, 1.165) is 18.9 Å². The van der Waals surface area contributed by atoms with Gasteiger partial charge in [-0.2, -0.15) is 0 Å². The first kappa shape index (κ1) is 23.9. The molecule has 0 rings (SSSR count). The molecule has 4 nitrogen and oxygen atoms in total. The summed E-state index contributed by atoms with van der Waals surface area (Å²) in [6.45, 7) is 2.26. The Balaban J connectivity index is 0. The summed E-state index contributed by atoms with van der Waals surface area (Å²) in [7, 11) is 0. The lowest BCUT2D eigenvalue weighted by Crippen LogP contribution is -2.09. The molecule has 1 amide bonds. The molecule has 0 fully saturated rings. The van der Waals surface area contributed by atoms with Crippen molar-refractivity contribution >= 4 is 12.0 Å². The second-order valence-electron chi connectivity index (χ2n) is 5.90. The van der Waals surface area contributed by atoms with Gasteiger partial charge >= 0.3 is 0 Å². The maximum Gasteiger partial charge on any atom is 0.231 e. The van der Waals surface area contributed by atoms with Crippen LogP contribution < -0.4 is 5.73 Å². The predicted molar refractivity (Wildman–Crippen MR) is 97.1 cm³/mol. The smallest absolute Gasteiger partial charge is 0.231 e. The molecule has 0 spiro atoms. The molecule has 0 unspecified atom stereocenters. The monoisotopic (exact) mass is 324 g/mol. The van der Waals surface area contributed by atoms with Crippen LogP contribution in [0.5, 0.6) is 0 Å². The van der Waals surface area contributed by atoms with Crippen LogP contribution in [0, 0.1) is 5.41 Å². The van der Waals surface area contributed by atoms with Crippen LogP contribution in [0.15, 0.2) is 12.2 Å². The molecule has 3 N–H and O–H groups in total. The minimum absolute atomic E-state index is 0.164. The second kappa shape index (κ2) is 22.9. The first-order valence-corrected chi connectivity index (χ1v) is 9.16. The number of carbonyl (C=O) groups excluding carboxylic acids is 2. The van der Waals surface area contributed by atoms with Gasteiger partial charge in [0.2, 0.25) is 12.0 Å². The highest BCUT2D eigenvalue weighted by atomic mass is 16.1. The van der Waals surface area contributed by atoms with Crippen molar-refractivity contribution in [2.24, 2.45) is 5.73 Å². The number of nitrogens with one attached hydrogen (secondary N) is 1. The van der Waals surface area contributed by atoms with Crippen LogP contribution in [0.1, 0.15) is 96.8 Å². The molecule has 0 aromatic heterocycles. The molecule has 23 heavy (non-hydrogen) atoms. The lowest BCUT2D eigenvalue weighted by molar-refractivity contribution is -0.118. The van der Waals surface area contributed by atoms with E-state index in [0.29, 0.717) is 6.42 Å². The first-order valence-electron chi connectivity index (χ1n) is 9.16. The number of amides is 1. The van der Waals surface area contributed by atoms with E-state index < -0.39 is 0 Å². The van der Waals surface area contributed by atoms with Crippen molar-refractivity contribution in [1.82, 2.24) is 0 Å². The zero-order chi connectivity index (χ0) is 17.6. The van der Waals surface area contributed by atoms with Gasteiger partial charge in [-0.1, -0.05) is 70.4 Å². The quantitative estimate of drug-likeness (QED) is 0.183. The van der Waals surface area contributed by atoms with Gasteiger partial charge in [-0.25, -0.2) is 10.2 Å². The molecule has 0 heterocycles. The van der Waals surface area contributed by atoms with Crippen molar-refractivity contribution < 1.29 is 9.59 Å². The van der Waals surface area contributed by atoms with E-state index in [4.69, 9.17) is 15.9 Å². The Morgan fingerprint density at radius 2 is 1.26 bits per heavy atom. The van der Waals surface area contributed by atoms with Crippen LogP contribution in [-0.4, -0.2) is 12.0 Å². The fraction of sp³-hybridized carbons (Fsp3) is 0.789. The van der Waals surface area contributed by atoms with E-state index in [2.05, 4.69) is 19.1 Å². The Hall–Kier alpha value is -1.41. The molecule has 0 saturated heterocycles. The van der Waals surface area contributed by atoms with Gasteiger partial charge in [0, 0.05) is 6.42 Å². The maximum atomic E-state index is 10.5. The molecule has 0 bridgehead atoms. The summed E-state index contributed by atoms with van der Waals surface area (Å²) >= 11 is 0. The number of primary amides is 1. The van der Waals surface area contributed by atoms with Crippen LogP contribution in [0.2, 0.25) is 0 Å². The van der Waals surface area contributed by atoms with Gasteiger partial charge < -0.3 is 5.73 Å². The Morgan fingerprint density at radius 1 is 0.870 bits per heavy atom. The standard InChI is InChI=1S/C18H35NO.CHNO/c1-2-3-4-5-6-7-8-9-10-11-12-13-14-15-16-17-18(19)20;2-1-3/h9-10H,2-8,11-17H2,1H3,(H2,19,20);2H/b10-9-;. The van der Waals surface area contributed by atoms with E-state index in [9.17, 15) is 4.79 Å². The topological polar surface area (TPSA) is 84.0 Å². The summed E-state index contributed by atoms with van der Waals surface area (Å²) in [5.41, 5.74) is 5.10. The highest BCUT2D eigenvalue weighted by Gasteiger charge is 1.94. The third-order valence-corrected chi connectivity index (χ3v) is 3.68. The molecule has 0 radical (unpaired) electrons. The van der Waals surface area contributed by atoms with E-state index in [1.807, 2.05) is 0 Å². The molecular formula is C19H36N2O2. The molecule has 0 aromatic rings. The average Bonchev–Trinajstić information content (AvgIpc) is 2.51. The Morgan fingerprint density at radius 3 is 1.70 bits per heavy atom. The molecule has 0 saturated carbocycles. The summed E-state index contributed by atoms with van der Waals surface area (Å²) in [5, 5.41) is 5.40. The van der Waals surface area contributed by atoms with Gasteiger partial charge in [-0.05, 0) is 32.1 Å². The third-order valence-electron chi connectivity index (χ3n) is 3.68. The van der Waals surface area contributed by atoms with Gasteiger partial charge in [-0.15, -0.1) is 0 Å². The van der Waals surface area contributed by atoms with Crippen molar-refractivity contribution in [2.45, 2.75) is 96.8 Å². The molecule has 0 aliphatic rings. The van der Waals surface area contributed by atoms with Crippen molar-refractivity contribution in [3.8, 4) is 0 Å². The summed E-state index contributed by atoms with van der Waals surface area (Å²) in [4.78, 5) is 18.9. The summed E-state index contributed by atoms with van der Waals surface area (Å²) < 4.78 is 0. The Labute approximate surface area is 142 Å². The summed E-state index contributed by atoms with van der Waals surface area (Å²) in [6.07, 6.45) is 22.7. The van der Waals surface area contributed by atoms with E-state index >= 15 is 0 Å². The largest absolute Gasteiger partial charge is 0.370 e. The van der Waals surface area contributed by atoms with Crippen molar-refractivity contribution in [1.29, 1.82) is 5.41 Å². The molecule has 0 aliphatic carbocycles. The van der Waals surface area contributed by atoms with Crippen molar-refractivity contribution in [2.75, 3.05) is 0 Å². The van der Waals surface area contributed by atoms with Crippen LogP contribution in [0.3, 0.4) is 0 Å². The van der Waals surface area contributed by atoms with Gasteiger partial charge in [0.1, 0.15) is 0 Å². The van der Waals surface area contributed by atoms with Gasteiger partial charge in [0.25, 0.3) is 0 Å². The number of rotatable bonds is 15. The number of carbonyl (C=O) groups is 1. The fourth-order valence-corrected chi connectivity index (χ4v) is 2.37. The number of hydrogen-bond donors (Lipinski definition) is 2. The minimum Gasteiger partial charge on any atom is -0.370 e. The van der Waals surface area contributed by atoms with Crippen LogP contribution in [0.4, 0.5) is 0 Å². The zero-order valence-electron chi connectivity index (χ0n) is 14.9. The number of hydrogen-bond acceptors (Lipinski definition) is 3. The molecular weight excluding hydrogens is 288 g/mol. The minimum atomic E-state index is -0.164. The molecule has 4 heteroatoms. The van der Waals surface area contributed by atoms with Crippen LogP contribution >= 0.6 is 0 Å². The maximum absolute atomic E-state index is 10.5. The lowest BCUT2D eigenvalue weighted by atomic mass is 10.1. The average molecular weight is 325 g/mol. The highest BCUT2D eigenvalue weighted by Crippen LogP contribution is 2.09. The SMILES string of the molecule is CCCCCCCC/C=C\CCCCCCCC(N)=O.N=C=O. The fourth-order valence-electron chi connectivity index (χ4n) is 2.37. The zero-order valence-corrected chi connectivity index (χ0v) is 14.9. The first-order chi connectivity index (χ1) is 11.2. The molecule has 0 aromatic carbocycles. The molecule has 0 aliphatic heterocycles. The third kappa shape index (κ3) is 29.3. The molecule has 0 atom stereocenters. The van der Waals surface area contributed by atoms with Gasteiger partial charge in [-0.3, -0.25) is 4.79 Å². The Bertz CT molecular complexity index is 308. The predicted octanol–water partition coefficient (Wildman–Crippen LogP) is 5.41. The van der Waals surface area contributed by atoms with E-state index in [1.54, 1.807) is 0 Å². The normalized spacial score (nSPS) is 10.1. The van der Waals surface area contributed by atoms with Gasteiger partial charge in [0.15, 0.2) is 0 Å². The Kier molecular flexibility index (Phi) is 23.7. The summed E-state index contributed by atoms with van der Waals surface area (Å²) in [6, 6.07) is 0. The second-order valence-corrected chi connectivity index (χ2v) is 5.90. The number of isocyanates is 1. The molecule has 134 valence electrons. The van der Waals surface area contributed by atoms with Crippen LogP contribution in [0.25, 0.3) is 0 Å². The highest BCUT2D eigenvalue weighted by molar-refractivity contribution is 5.73. The van der Waals surface area contributed by atoms with Crippen molar-refractivity contribution in [3.05, 3.63) is 12.2 Å². The van der Waals surface area contributed by atoms with E-state index in [-0.39, 0.29) is 5.91 Å². The number of nitrogens with two attached hydrogens (primary N) is 1. The van der Waals surface area contributed by atoms with E-state index in [1.165, 1.54) is 70.6 Å². The van der Waals surface area contributed by atoms with Crippen molar-refractivity contribution in [3.63, 3.8) is 0 Å². The summed E-state index contributed by atoms with van der Waals surface area (Å²) in [5.74, 6) is -0.164. The van der Waals surface area contributed by atoms with Gasteiger partial charge in [0.05, 0.1) is 0 Å².